The highest BCUT2D eigenvalue weighted by Gasteiger charge is 2.20. The number of rotatable bonds is 6. The Morgan fingerprint density at radius 2 is 2.10 bits per heavy atom. The van der Waals surface area contributed by atoms with Crippen LogP contribution in [0.3, 0.4) is 0 Å². The fourth-order valence-corrected chi connectivity index (χ4v) is 2.59. The van der Waals surface area contributed by atoms with Crippen LogP contribution >= 0.6 is 0 Å². The maximum Gasteiger partial charge on any atom is 0.223 e. The average Bonchev–Trinajstić information content (AvgIpc) is 2.47. The molecule has 0 heterocycles. The van der Waals surface area contributed by atoms with Crippen molar-refractivity contribution in [3.05, 3.63) is 30.1 Å². The van der Waals surface area contributed by atoms with Crippen LogP contribution in [-0.4, -0.2) is 30.3 Å². The van der Waals surface area contributed by atoms with Crippen molar-refractivity contribution in [2.24, 2.45) is 5.92 Å². The van der Waals surface area contributed by atoms with Gasteiger partial charge in [-0.3, -0.25) is 4.79 Å². The second-order valence-electron chi connectivity index (χ2n) is 5.54. The molecule has 1 aromatic carbocycles. The maximum absolute atomic E-state index is 12.7. The van der Waals surface area contributed by atoms with Crippen molar-refractivity contribution in [2.45, 2.75) is 38.2 Å². The van der Waals surface area contributed by atoms with E-state index in [4.69, 9.17) is 4.74 Å². The molecular formula is C16H22FNO3. The molecular weight excluding hydrogens is 273 g/mol. The van der Waals surface area contributed by atoms with Gasteiger partial charge in [-0.05, 0) is 49.4 Å². The third-order valence-electron chi connectivity index (χ3n) is 3.75. The first-order chi connectivity index (χ1) is 10.1. The molecule has 4 nitrogen and oxygen atoms in total. The average molecular weight is 295 g/mol. The van der Waals surface area contributed by atoms with E-state index in [1.807, 2.05) is 0 Å². The summed E-state index contributed by atoms with van der Waals surface area (Å²) in [6.45, 7) is 0.886. The summed E-state index contributed by atoms with van der Waals surface area (Å²) in [4.78, 5) is 11.7. The van der Waals surface area contributed by atoms with Crippen molar-refractivity contribution in [1.82, 2.24) is 5.32 Å². The summed E-state index contributed by atoms with van der Waals surface area (Å²) in [6, 6.07) is 5.72. The van der Waals surface area contributed by atoms with Crippen LogP contribution < -0.4 is 10.1 Å². The molecule has 21 heavy (non-hydrogen) atoms. The summed E-state index contributed by atoms with van der Waals surface area (Å²) < 4.78 is 18.1. The number of carbonyl (C=O) groups excluding carboxylic acids is 1. The van der Waals surface area contributed by atoms with Crippen molar-refractivity contribution in [2.75, 3.05) is 13.2 Å². The summed E-state index contributed by atoms with van der Waals surface area (Å²) in [7, 11) is 0. The van der Waals surface area contributed by atoms with Crippen molar-refractivity contribution in [3.63, 3.8) is 0 Å². The molecule has 1 fully saturated rings. The van der Waals surface area contributed by atoms with Gasteiger partial charge in [-0.1, -0.05) is 6.42 Å². The summed E-state index contributed by atoms with van der Waals surface area (Å²) in [5, 5.41) is 12.5. The molecule has 1 aromatic rings. The molecule has 0 aromatic heterocycles. The number of hydrogen-bond acceptors (Lipinski definition) is 3. The molecule has 1 amide bonds. The lowest BCUT2D eigenvalue weighted by Gasteiger charge is -2.25. The number of hydrogen-bond donors (Lipinski definition) is 2. The molecule has 2 unspecified atom stereocenters. The Morgan fingerprint density at radius 3 is 2.81 bits per heavy atom. The number of aliphatic hydroxyl groups excluding tert-OH is 1. The lowest BCUT2D eigenvalue weighted by atomic mass is 9.87. The first-order valence-electron chi connectivity index (χ1n) is 7.46. The fourth-order valence-electron chi connectivity index (χ4n) is 2.59. The largest absolute Gasteiger partial charge is 0.493 e. The summed E-state index contributed by atoms with van der Waals surface area (Å²) in [6.07, 6.45) is 3.77. The van der Waals surface area contributed by atoms with Crippen molar-refractivity contribution in [1.29, 1.82) is 0 Å². The van der Waals surface area contributed by atoms with Crippen molar-refractivity contribution >= 4 is 5.91 Å². The standard InChI is InChI=1S/C16H22FNO3/c17-13-4-6-15(7-5-13)21-9-8-16(20)18-11-12-2-1-3-14(19)10-12/h4-7,12,14,19H,1-3,8-11H2,(H,18,20). The Hall–Kier alpha value is -1.62. The van der Waals surface area contributed by atoms with Gasteiger partial charge in [0.25, 0.3) is 0 Å². The number of amides is 1. The van der Waals surface area contributed by atoms with E-state index in [9.17, 15) is 14.3 Å². The fraction of sp³-hybridized carbons (Fsp3) is 0.562. The van der Waals surface area contributed by atoms with Crippen LogP contribution in [0.5, 0.6) is 5.75 Å². The van der Waals surface area contributed by atoms with Gasteiger partial charge in [0, 0.05) is 6.54 Å². The van der Waals surface area contributed by atoms with Gasteiger partial charge in [0.2, 0.25) is 5.91 Å². The van der Waals surface area contributed by atoms with Gasteiger partial charge in [-0.15, -0.1) is 0 Å². The van der Waals surface area contributed by atoms with Crippen LogP contribution in [0.2, 0.25) is 0 Å². The van der Waals surface area contributed by atoms with E-state index in [0.29, 0.717) is 18.2 Å². The number of aliphatic hydroxyl groups is 1. The second kappa shape index (κ2) is 7.98. The minimum atomic E-state index is -0.310. The zero-order valence-corrected chi connectivity index (χ0v) is 12.1. The number of nitrogens with one attached hydrogen (secondary N) is 1. The van der Waals surface area contributed by atoms with Gasteiger partial charge in [-0.25, -0.2) is 4.39 Å². The lowest BCUT2D eigenvalue weighted by molar-refractivity contribution is -0.121. The molecule has 1 saturated carbocycles. The minimum Gasteiger partial charge on any atom is -0.493 e. The van der Waals surface area contributed by atoms with Crippen LogP contribution in [0.1, 0.15) is 32.1 Å². The van der Waals surface area contributed by atoms with E-state index in [-0.39, 0.29) is 30.9 Å². The number of benzene rings is 1. The molecule has 0 saturated heterocycles. The predicted molar refractivity (Wildman–Crippen MR) is 77.5 cm³/mol. The smallest absolute Gasteiger partial charge is 0.223 e. The molecule has 0 aliphatic heterocycles. The van der Waals surface area contributed by atoms with E-state index in [2.05, 4.69) is 5.32 Å². The molecule has 0 spiro atoms. The number of carbonyl (C=O) groups is 1. The van der Waals surface area contributed by atoms with Gasteiger partial charge in [0.1, 0.15) is 11.6 Å². The predicted octanol–water partition coefficient (Wildman–Crippen LogP) is 2.26. The summed E-state index contributed by atoms with van der Waals surface area (Å²) >= 11 is 0. The third kappa shape index (κ3) is 5.71. The molecule has 2 atom stereocenters. The van der Waals surface area contributed by atoms with E-state index >= 15 is 0 Å². The van der Waals surface area contributed by atoms with Gasteiger partial charge in [0.15, 0.2) is 0 Å². The SMILES string of the molecule is O=C(CCOc1ccc(F)cc1)NCC1CCCC(O)C1. The molecule has 5 heteroatoms. The van der Waals surface area contributed by atoms with E-state index in [0.717, 1.165) is 25.7 Å². The number of ether oxygens (including phenoxy) is 1. The van der Waals surface area contributed by atoms with Crippen LogP contribution in [0.15, 0.2) is 24.3 Å². The number of halogens is 1. The van der Waals surface area contributed by atoms with Gasteiger partial charge >= 0.3 is 0 Å². The highest BCUT2D eigenvalue weighted by Crippen LogP contribution is 2.23. The molecule has 116 valence electrons. The molecule has 2 rings (SSSR count). The second-order valence-corrected chi connectivity index (χ2v) is 5.54. The summed E-state index contributed by atoms with van der Waals surface area (Å²) in [5.41, 5.74) is 0. The highest BCUT2D eigenvalue weighted by atomic mass is 19.1. The first kappa shape index (κ1) is 15.8. The Morgan fingerprint density at radius 1 is 1.33 bits per heavy atom. The molecule has 1 aliphatic rings. The van der Waals surface area contributed by atoms with Gasteiger partial charge in [0.05, 0.1) is 19.1 Å². The van der Waals surface area contributed by atoms with E-state index in [1.165, 1.54) is 24.3 Å². The van der Waals surface area contributed by atoms with Crippen LogP contribution in [-0.2, 0) is 4.79 Å². The monoisotopic (exact) mass is 295 g/mol. The van der Waals surface area contributed by atoms with E-state index in [1.54, 1.807) is 0 Å². The zero-order valence-electron chi connectivity index (χ0n) is 12.1. The topological polar surface area (TPSA) is 58.6 Å². The normalized spacial score (nSPS) is 21.8. The van der Waals surface area contributed by atoms with Gasteiger partial charge in [-0.2, -0.15) is 0 Å². The molecule has 1 aliphatic carbocycles. The van der Waals surface area contributed by atoms with Crippen LogP contribution in [0, 0.1) is 11.7 Å². The zero-order chi connectivity index (χ0) is 15.1. The Labute approximate surface area is 124 Å². The van der Waals surface area contributed by atoms with Crippen LogP contribution in [0.4, 0.5) is 4.39 Å². The maximum atomic E-state index is 12.7. The van der Waals surface area contributed by atoms with Gasteiger partial charge < -0.3 is 15.2 Å². The lowest BCUT2D eigenvalue weighted by Crippen LogP contribution is -2.33. The summed E-state index contributed by atoms with van der Waals surface area (Å²) in [5.74, 6) is 0.558. The minimum absolute atomic E-state index is 0.0582. The Balaban J connectivity index is 1.60. The van der Waals surface area contributed by atoms with Crippen molar-refractivity contribution in [3.8, 4) is 5.75 Å². The Bertz CT molecular complexity index is 449. The highest BCUT2D eigenvalue weighted by molar-refractivity contribution is 5.75. The Kier molecular flexibility index (Phi) is 5.99. The molecule has 0 radical (unpaired) electrons. The molecule has 2 N–H and O–H groups in total. The molecule has 0 bridgehead atoms. The quantitative estimate of drug-likeness (QED) is 0.846. The van der Waals surface area contributed by atoms with Crippen LogP contribution in [0.25, 0.3) is 0 Å². The first-order valence-corrected chi connectivity index (χ1v) is 7.46. The third-order valence-corrected chi connectivity index (χ3v) is 3.75. The van der Waals surface area contributed by atoms with Crippen molar-refractivity contribution < 1.29 is 19.0 Å². The van der Waals surface area contributed by atoms with E-state index < -0.39 is 0 Å².